The van der Waals surface area contributed by atoms with Crippen molar-refractivity contribution >= 4 is 27.5 Å². The van der Waals surface area contributed by atoms with Crippen LogP contribution in [-0.4, -0.2) is 17.8 Å². The number of benzene rings is 1. The first-order valence-electron chi connectivity index (χ1n) is 5.81. The number of nitrogens with one attached hydrogen (secondary N) is 1. The second-order valence-corrected chi connectivity index (χ2v) is 5.92. The van der Waals surface area contributed by atoms with E-state index in [0.29, 0.717) is 17.5 Å². The largest absolute Gasteiger partial charge is 0.392 e. The second-order valence-electron chi connectivity index (χ2n) is 4.66. The van der Waals surface area contributed by atoms with E-state index in [2.05, 4.69) is 35.1 Å². The Bertz CT molecular complexity index is 357. The van der Waals surface area contributed by atoms with Crippen molar-refractivity contribution in [3.63, 3.8) is 0 Å². The fraction of sp³-hybridized carbons (Fsp3) is 0.538. The van der Waals surface area contributed by atoms with Crippen molar-refractivity contribution in [2.24, 2.45) is 5.92 Å². The molecule has 1 aromatic rings. The lowest BCUT2D eigenvalue weighted by Crippen LogP contribution is -2.27. The highest BCUT2D eigenvalue weighted by Gasteiger charge is 2.06. The maximum Gasteiger partial charge on any atom is 0.0667 e. The quantitative estimate of drug-likeness (QED) is 0.839. The van der Waals surface area contributed by atoms with Gasteiger partial charge in [-0.05, 0) is 46.0 Å². The molecule has 1 aromatic carbocycles. The van der Waals surface area contributed by atoms with Gasteiger partial charge in [-0.15, -0.1) is 0 Å². The minimum absolute atomic E-state index is 0.272. The van der Waals surface area contributed by atoms with Gasteiger partial charge in [0.15, 0.2) is 0 Å². The third-order valence-corrected chi connectivity index (χ3v) is 3.65. The first-order chi connectivity index (χ1) is 7.99. The summed E-state index contributed by atoms with van der Waals surface area (Å²) in [7, 11) is 0. The number of halogens is 2. The highest BCUT2D eigenvalue weighted by atomic mass is 79.9. The van der Waals surface area contributed by atoms with Crippen LogP contribution >= 0.6 is 27.5 Å². The van der Waals surface area contributed by atoms with Crippen LogP contribution in [0, 0.1) is 5.92 Å². The summed E-state index contributed by atoms with van der Waals surface area (Å²) >= 11 is 9.31. The van der Waals surface area contributed by atoms with Crippen molar-refractivity contribution in [2.45, 2.75) is 32.9 Å². The van der Waals surface area contributed by atoms with Crippen molar-refractivity contribution in [1.82, 2.24) is 5.32 Å². The van der Waals surface area contributed by atoms with Crippen LogP contribution in [0.5, 0.6) is 0 Å². The van der Waals surface area contributed by atoms with Gasteiger partial charge in [-0.3, -0.25) is 0 Å². The average molecular weight is 321 g/mol. The minimum Gasteiger partial charge on any atom is -0.392 e. The van der Waals surface area contributed by atoms with Crippen LogP contribution in [0.25, 0.3) is 0 Å². The number of rotatable bonds is 6. The van der Waals surface area contributed by atoms with Gasteiger partial charge in [0.1, 0.15) is 0 Å². The van der Waals surface area contributed by atoms with Gasteiger partial charge in [0.25, 0.3) is 0 Å². The smallest absolute Gasteiger partial charge is 0.0667 e. The van der Waals surface area contributed by atoms with Crippen LogP contribution in [0.4, 0.5) is 0 Å². The lowest BCUT2D eigenvalue weighted by molar-refractivity contribution is 0.146. The summed E-state index contributed by atoms with van der Waals surface area (Å²) in [6.45, 7) is 5.59. The highest BCUT2D eigenvalue weighted by molar-refractivity contribution is 9.10. The van der Waals surface area contributed by atoms with Gasteiger partial charge in [-0.2, -0.15) is 0 Å². The number of hydrogen-bond acceptors (Lipinski definition) is 2. The summed E-state index contributed by atoms with van der Waals surface area (Å²) in [5.74, 6) is 0.525. The van der Waals surface area contributed by atoms with Gasteiger partial charge in [-0.1, -0.05) is 31.5 Å². The molecular formula is C13H19BrClNO. The van der Waals surface area contributed by atoms with Crippen molar-refractivity contribution < 1.29 is 5.11 Å². The van der Waals surface area contributed by atoms with Gasteiger partial charge in [0.2, 0.25) is 0 Å². The first-order valence-corrected chi connectivity index (χ1v) is 6.99. The SMILES string of the molecule is CC(C)CC(O)CNCc1ccc(Cl)c(Br)c1. The van der Waals surface area contributed by atoms with E-state index in [0.717, 1.165) is 23.0 Å². The molecule has 0 saturated carbocycles. The molecule has 2 N–H and O–H groups in total. The molecule has 17 heavy (non-hydrogen) atoms. The fourth-order valence-corrected chi connectivity index (χ4v) is 2.20. The summed E-state index contributed by atoms with van der Waals surface area (Å²) in [6, 6.07) is 5.84. The highest BCUT2D eigenvalue weighted by Crippen LogP contribution is 2.23. The van der Waals surface area contributed by atoms with Crippen LogP contribution in [0.2, 0.25) is 5.02 Å². The molecule has 0 aromatic heterocycles. The minimum atomic E-state index is -0.272. The predicted octanol–water partition coefficient (Wildman–Crippen LogP) is 3.60. The normalized spacial score (nSPS) is 13.1. The Balaban J connectivity index is 2.33. The van der Waals surface area contributed by atoms with E-state index in [1.54, 1.807) is 0 Å². The van der Waals surface area contributed by atoms with Crippen LogP contribution in [0.1, 0.15) is 25.8 Å². The van der Waals surface area contributed by atoms with E-state index in [1.807, 2.05) is 18.2 Å². The second kappa shape index (κ2) is 7.37. The Morgan fingerprint density at radius 3 is 2.71 bits per heavy atom. The molecule has 0 aliphatic rings. The first kappa shape index (κ1) is 15.0. The molecule has 0 fully saturated rings. The van der Waals surface area contributed by atoms with Crippen LogP contribution in [0.3, 0.4) is 0 Å². The van der Waals surface area contributed by atoms with E-state index in [9.17, 15) is 5.11 Å². The average Bonchev–Trinajstić information content (AvgIpc) is 2.22. The van der Waals surface area contributed by atoms with Crippen molar-refractivity contribution in [1.29, 1.82) is 0 Å². The van der Waals surface area contributed by atoms with E-state index < -0.39 is 0 Å². The molecule has 1 rings (SSSR count). The number of aliphatic hydroxyl groups excluding tert-OH is 1. The lowest BCUT2D eigenvalue weighted by Gasteiger charge is -2.14. The molecule has 0 amide bonds. The molecule has 96 valence electrons. The summed E-state index contributed by atoms with van der Waals surface area (Å²) in [4.78, 5) is 0. The molecule has 2 nitrogen and oxygen atoms in total. The Hall–Kier alpha value is -0.0900. The molecule has 1 unspecified atom stereocenters. The maximum absolute atomic E-state index is 9.70. The molecule has 1 atom stereocenters. The number of aliphatic hydroxyl groups is 1. The van der Waals surface area contributed by atoms with E-state index in [1.165, 1.54) is 0 Å². The van der Waals surface area contributed by atoms with Crippen molar-refractivity contribution in [2.75, 3.05) is 6.54 Å². The zero-order valence-corrected chi connectivity index (χ0v) is 12.6. The summed E-state index contributed by atoms with van der Waals surface area (Å²) < 4.78 is 0.904. The molecule has 4 heteroatoms. The Kier molecular flexibility index (Phi) is 6.49. The fourth-order valence-electron chi connectivity index (χ4n) is 1.66. The van der Waals surface area contributed by atoms with Gasteiger partial charge >= 0.3 is 0 Å². The van der Waals surface area contributed by atoms with Gasteiger partial charge < -0.3 is 10.4 Å². The van der Waals surface area contributed by atoms with Crippen LogP contribution in [-0.2, 0) is 6.54 Å². The summed E-state index contributed by atoms with van der Waals surface area (Å²) in [5.41, 5.74) is 1.15. The topological polar surface area (TPSA) is 32.3 Å². The van der Waals surface area contributed by atoms with Crippen molar-refractivity contribution in [3.8, 4) is 0 Å². The molecule has 0 aliphatic heterocycles. The molecular weight excluding hydrogens is 302 g/mol. The zero-order chi connectivity index (χ0) is 12.8. The molecule has 0 heterocycles. The van der Waals surface area contributed by atoms with Gasteiger partial charge in [0, 0.05) is 17.6 Å². The molecule has 0 spiro atoms. The van der Waals surface area contributed by atoms with Gasteiger partial charge in [-0.25, -0.2) is 0 Å². The Morgan fingerprint density at radius 1 is 1.41 bits per heavy atom. The van der Waals surface area contributed by atoms with E-state index in [-0.39, 0.29) is 6.10 Å². The van der Waals surface area contributed by atoms with Crippen LogP contribution < -0.4 is 5.32 Å². The lowest BCUT2D eigenvalue weighted by atomic mass is 10.1. The predicted molar refractivity (Wildman–Crippen MR) is 76.3 cm³/mol. The number of hydrogen-bond donors (Lipinski definition) is 2. The standard InChI is InChI=1S/C13H19BrClNO/c1-9(2)5-11(17)8-16-7-10-3-4-13(15)12(14)6-10/h3-4,6,9,11,16-17H,5,7-8H2,1-2H3. The molecule has 0 radical (unpaired) electrons. The molecule has 0 aliphatic carbocycles. The summed E-state index contributed by atoms with van der Waals surface area (Å²) in [6.07, 6.45) is 0.558. The molecule has 0 bridgehead atoms. The third kappa shape index (κ3) is 5.87. The zero-order valence-electron chi connectivity index (χ0n) is 10.2. The maximum atomic E-state index is 9.70. The van der Waals surface area contributed by atoms with E-state index >= 15 is 0 Å². The monoisotopic (exact) mass is 319 g/mol. The van der Waals surface area contributed by atoms with Crippen molar-refractivity contribution in [3.05, 3.63) is 33.3 Å². The Morgan fingerprint density at radius 2 is 2.12 bits per heavy atom. The van der Waals surface area contributed by atoms with Gasteiger partial charge in [0.05, 0.1) is 11.1 Å². The van der Waals surface area contributed by atoms with E-state index in [4.69, 9.17) is 11.6 Å². The Labute approximate surface area is 117 Å². The summed E-state index contributed by atoms with van der Waals surface area (Å²) in [5, 5.41) is 13.7. The van der Waals surface area contributed by atoms with Crippen LogP contribution in [0.15, 0.2) is 22.7 Å². The third-order valence-electron chi connectivity index (χ3n) is 2.44. The molecule has 0 saturated heterocycles.